The van der Waals surface area contributed by atoms with Crippen LogP contribution in [0.2, 0.25) is 25.7 Å². The average Bonchev–Trinajstić information content (AvgIpc) is 2.39. The van der Waals surface area contributed by atoms with Crippen molar-refractivity contribution in [2.75, 3.05) is 13.2 Å². The smallest absolute Gasteiger partial charge is 0.407 e. The number of rotatable bonds is 9. The summed E-state index contributed by atoms with van der Waals surface area (Å²) in [5, 5.41) is 13.8. The number of carboxylic acids is 1. The van der Waals surface area contributed by atoms with E-state index < -0.39 is 32.1 Å². The third kappa shape index (κ3) is 9.38. The number of hydrogen-bond acceptors (Lipinski definition) is 4. The summed E-state index contributed by atoms with van der Waals surface area (Å²) in [6, 6.07) is -0.107. The van der Waals surface area contributed by atoms with Crippen molar-refractivity contribution in [2.45, 2.75) is 52.0 Å². The van der Waals surface area contributed by atoms with Crippen LogP contribution in [0.5, 0.6) is 0 Å². The number of ether oxygens (including phenoxy) is 1. The largest absolute Gasteiger partial charge is 0.480 e. The Balaban J connectivity index is 4.11. The fourth-order valence-corrected chi connectivity index (χ4v) is 2.28. The third-order valence-corrected chi connectivity index (χ3v) is 4.98. The molecule has 0 aromatic carbocycles. The first-order chi connectivity index (χ1) is 10.1. The minimum atomic E-state index is -1.27. The number of carboxylic acid groups (broad SMARTS) is 1. The van der Waals surface area contributed by atoms with E-state index in [-0.39, 0.29) is 12.5 Å². The van der Waals surface area contributed by atoms with Gasteiger partial charge in [-0.1, -0.05) is 39.9 Å². The molecule has 0 fully saturated rings. The zero-order chi connectivity index (χ0) is 17.3. The Hall–Kier alpha value is -1.57. The maximum absolute atomic E-state index is 11.7. The minimum Gasteiger partial charge on any atom is -0.480 e. The van der Waals surface area contributed by atoms with Gasteiger partial charge >= 0.3 is 12.1 Å². The van der Waals surface area contributed by atoms with E-state index in [1.165, 1.54) is 0 Å². The summed E-state index contributed by atoms with van der Waals surface area (Å²) in [6.45, 7) is 10.1. The van der Waals surface area contributed by atoms with E-state index in [4.69, 9.17) is 9.84 Å². The van der Waals surface area contributed by atoms with Crippen molar-refractivity contribution >= 4 is 26.0 Å². The molecule has 0 aliphatic heterocycles. The summed E-state index contributed by atoms with van der Waals surface area (Å²) < 4.78 is 4.98. The lowest BCUT2D eigenvalue weighted by Gasteiger charge is -2.20. The lowest BCUT2D eigenvalue weighted by Crippen LogP contribution is -2.48. The highest BCUT2D eigenvalue weighted by molar-refractivity contribution is 6.76. The SMILES string of the molecule is CCC(C)C(NC(=O)CNC(=O)OCC[Si](C)(C)C)C(=O)O. The number of carbonyl (C=O) groups is 3. The Labute approximate surface area is 132 Å². The Morgan fingerprint density at radius 3 is 2.27 bits per heavy atom. The van der Waals surface area contributed by atoms with Crippen LogP contribution >= 0.6 is 0 Å². The van der Waals surface area contributed by atoms with E-state index in [0.717, 1.165) is 6.04 Å². The van der Waals surface area contributed by atoms with Crippen LogP contribution in [-0.2, 0) is 14.3 Å². The van der Waals surface area contributed by atoms with Crippen molar-refractivity contribution in [3.8, 4) is 0 Å². The van der Waals surface area contributed by atoms with Crippen molar-refractivity contribution in [3.05, 3.63) is 0 Å². The van der Waals surface area contributed by atoms with Gasteiger partial charge in [0.05, 0.1) is 6.61 Å². The zero-order valence-electron chi connectivity index (χ0n) is 14.1. The molecule has 3 N–H and O–H groups in total. The zero-order valence-corrected chi connectivity index (χ0v) is 15.1. The van der Waals surface area contributed by atoms with Gasteiger partial charge in [0.2, 0.25) is 5.91 Å². The summed E-state index contributed by atoms with van der Waals surface area (Å²) in [6.07, 6.45) is -0.0348. The molecular formula is C14H28N2O5Si. The molecule has 8 heteroatoms. The van der Waals surface area contributed by atoms with Gasteiger partial charge in [0.25, 0.3) is 0 Å². The molecule has 0 aromatic heterocycles. The summed E-state index contributed by atoms with van der Waals surface area (Å²) in [5.41, 5.74) is 0. The van der Waals surface area contributed by atoms with Crippen LogP contribution in [0.1, 0.15) is 20.3 Å². The summed E-state index contributed by atoms with van der Waals surface area (Å²) >= 11 is 0. The van der Waals surface area contributed by atoms with Crippen molar-refractivity contribution in [1.29, 1.82) is 0 Å². The van der Waals surface area contributed by atoms with Gasteiger partial charge in [0, 0.05) is 8.07 Å². The van der Waals surface area contributed by atoms with Crippen LogP contribution in [0.15, 0.2) is 0 Å². The first kappa shape index (κ1) is 20.4. The van der Waals surface area contributed by atoms with Crippen molar-refractivity contribution in [3.63, 3.8) is 0 Å². The Kier molecular flexibility index (Phi) is 8.77. The maximum atomic E-state index is 11.7. The van der Waals surface area contributed by atoms with Gasteiger partial charge in [-0.05, 0) is 12.0 Å². The predicted octanol–water partition coefficient (Wildman–Crippen LogP) is 1.67. The van der Waals surface area contributed by atoms with Crippen LogP contribution in [-0.4, -0.2) is 50.3 Å². The molecule has 0 spiro atoms. The van der Waals surface area contributed by atoms with Crippen molar-refractivity contribution in [1.82, 2.24) is 10.6 Å². The van der Waals surface area contributed by atoms with Crippen molar-refractivity contribution in [2.24, 2.45) is 5.92 Å². The molecule has 0 saturated heterocycles. The lowest BCUT2D eigenvalue weighted by molar-refractivity contribution is -0.143. The van der Waals surface area contributed by atoms with Crippen LogP contribution in [0.3, 0.4) is 0 Å². The number of amides is 2. The Morgan fingerprint density at radius 2 is 1.82 bits per heavy atom. The fourth-order valence-electron chi connectivity index (χ4n) is 1.56. The monoisotopic (exact) mass is 332 g/mol. The topological polar surface area (TPSA) is 105 Å². The number of carbonyl (C=O) groups excluding carboxylic acids is 2. The second kappa shape index (κ2) is 9.45. The molecule has 0 aliphatic rings. The van der Waals surface area contributed by atoms with Gasteiger partial charge in [-0.25, -0.2) is 9.59 Å². The van der Waals surface area contributed by atoms with Crippen LogP contribution < -0.4 is 10.6 Å². The second-order valence-electron chi connectivity index (χ2n) is 6.57. The lowest BCUT2D eigenvalue weighted by atomic mass is 9.99. The molecule has 0 aromatic rings. The number of nitrogens with one attached hydrogen (secondary N) is 2. The minimum absolute atomic E-state index is 0.190. The van der Waals surface area contributed by atoms with E-state index in [0.29, 0.717) is 13.0 Å². The molecule has 2 amide bonds. The standard InChI is InChI=1S/C14H28N2O5Si/c1-6-10(2)12(13(18)19)16-11(17)9-15-14(20)21-7-8-22(3,4)5/h10,12H,6-9H2,1-5H3,(H,15,20)(H,16,17)(H,18,19). The van der Waals surface area contributed by atoms with E-state index in [2.05, 4.69) is 30.3 Å². The fraction of sp³-hybridized carbons (Fsp3) is 0.786. The van der Waals surface area contributed by atoms with Crippen molar-refractivity contribution < 1.29 is 24.2 Å². The van der Waals surface area contributed by atoms with E-state index in [1.54, 1.807) is 6.92 Å². The predicted molar refractivity (Wildman–Crippen MR) is 86.5 cm³/mol. The number of aliphatic carboxylic acids is 1. The summed E-state index contributed by atoms with van der Waals surface area (Å²) in [4.78, 5) is 34.2. The average molecular weight is 332 g/mol. The summed E-state index contributed by atoms with van der Waals surface area (Å²) in [5.74, 6) is -1.82. The van der Waals surface area contributed by atoms with Gasteiger partial charge in [0.15, 0.2) is 0 Å². The molecule has 0 aliphatic carbocycles. The molecule has 0 rings (SSSR count). The second-order valence-corrected chi connectivity index (χ2v) is 12.2. The Bertz CT molecular complexity index is 395. The van der Waals surface area contributed by atoms with E-state index in [9.17, 15) is 14.4 Å². The van der Waals surface area contributed by atoms with Gasteiger partial charge < -0.3 is 20.5 Å². The normalized spacial score (nSPS) is 13.9. The highest BCUT2D eigenvalue weighted by atomic mass is 28.3. The molecule has 0 radical (unpaired) electrons. The quantitative estimate of drug-likeness (QED) is 0.557. The molecule has 22 heavy (non-hydrogen) atoms. The molecule has 7 nitrogen and oxygen atoms in total. The van der Waals surface area contributed by atoms with Gasteiger partial charge in [-0.3, -0.25) is 4.79 Å². The first-order valence-electron chi connectivity index (χ1n) is 7.49. The Morgan fingerprint density at radius 1 is 1.23 bits per heavy atom. The molecular weight excluding hydrogens is 304 g/mol. The van der Waals surface area contributed by atoms with Crippen LogP contribution in [0.25, 0.3) is 0 Å². The highest BCUT2D eigenvalue weighted by Gasteiger charge is 2.25. The van der Waals surface area contributed by atoms with Gasteiger partial charge in [0.1, 0.15) is 12.6 Å². The molecule has 2 atom stereocenters. The van der Waals surface area contributed by atoms with Gasteiger partial charge in [-0.15, -0.1) is 0 Å². The van der Waals surface area contributed by atoms with Crippen LogP contribution in [0.4, 0.5) is 4.79 Å². The molecule has 2 unspecified atom stereocenters. The first-order valence-corrected chi connectivity index (χ1v) is 11.2. The molecule has 0 saturated carbocycles. The number of hydrogen-bond donors (Lipinski definition) is 3. The van der Waals surface area contributed by atoms with E-state index >= 15 is 0 Å². The van der Waals surface area contributed by atoms with E-state index in [1.807, 2.05) is 6.92 Å². The number of alkyl carbamates (subject to hydrolysis) is 1. The third-order valence-electron chi connectivity index (χ3n) is 3.27. The molecule has 0 bridgehead atoms. The molecule has 0 heterocycles. The van der Waals surface area contributed by atoms with Crippen LogP contribution in [0, 0.1) is 5.92 Å². The maximum Gasteiger partial charge on any atom is 0.407 e. The highest BCUT2D eigenvalue weighted by Crippen LogP contribution is 2.08. The van der Waals surface area contributed by atoms with Gasteiger partial charge in [-0.2, -0.15) is 0 Å². The molecule has 128 valence electrons. The summed E-state index contributed by atoms with van der Waals surface area (Å²) in [7, 11) is -1.27.